The monoisotopic (exact) mass is 663 g/mol. The highest BCUT2D eigenvalue weighted by Gasteiger charge is 2.55. The number of hydrogen-bond acceptors (Lipinski definition) is 10. The second-order valence-corrected chi connectivity index (χ2v) is 12.3. The Kier molecular flexibility index (Phi) is 8.07. The van der Waals surface area contributed by atoms with Crippen molar-refractivity contribution >= 4 is 23.0 Å². The fourth-order valence-electron chi connectivity index (χ4n) is 6.38. The second kappa shape index (κ2) is 11.8. The summed E-state index contributed by atoms with van der Waals surface area (Å²) in [5, 5.41) is 24.2. The van der Waals surface area contributed by atoms with Crippen LogP contribution in [-0.2, 0) is 11.2 Å². The fourth-order valence-corrected chi connectivity index (χ4v) is 6.38. The first-order valence-corrected chi connectivity index (χ1v) is 14.8. The Bertz CT molecular complexity index is 1820. The summed E-state index contributed by atoms with van der Waals surface area (Å²) in [7, 11) is 0. The van der Waals surface area contributed by atoms with Crippen LogP contribution in [0.2, 0.25) is 0 Å². The Labute approximate surface area is 263 Å². The number of carbonyl (C=O) groups excluding carboxylic acids is 2. The number of nitrogens with zero attached hydrogens (tertiary/aromatic N) is 7. The van der Waals surface area contributed by atoms with Crippen LogP contribution >= 0.6 is 0 Å². The number of hydrogen-bond donors (Lipinski definition) is 2. The number of nitrogens with one attached hydrogen (secondary N) is 2. The first-order valence-electron chi connectivity index (χ1n) is 14.8. The summed E-state index contributed by atoms with van der Waals surface area (Å²) in [6.45, 7) is 6.98. The predicted molar refractivity (Wildman–Crippen MR) is 151 cm³/mol. The van der Waals surface area contributed by atoms with Gasteiger partial charge in [0.2, 0.25) is 23.6 Å². The molecular formula is C29H30F5N9O4. The molecule has 0 aromatic carbocycles. The average molecular weight is 664 g/mol. The SMILES string of the molecule is C=C(C[C@]1(Cc2cnn3cc([C@@H](NC(=O)c4nonc4C)C4CCC(F)(F)CC4)nc3c2)C[C@@H](C(F)(F)F)NC1=O)c1nnc(C)o1. The van der Waals surface area contributed by atoms with Crippen molar-refractivity contribution in [3.63, 3.8) is 0 Å². The Morgan fingerprint density at radius 2 is 1.96 bits per heavy atom. The zero-order valence-electron chi connectivity index (χ0n) is 25.3. The van der Waals surface area contributed by atoms with Gasteiger partial charge in [0, 0.05) is 25.3 Å². The molecule has 2 amide bonds. The maximum atomic E-state index is 14.0. The Morgan fingerprint density at radius 1 is 1.21 bits per heavy atom. The summed E-state index contributed by atoms with van der Waals surface area (Å²) in [5.41, 5.74) is -0.189. The van der Waals surface area contributed by atoms with E-state index in [0.29, 0.717) is 11.3 Å². The van der Waals surface area contributed by atoms with Crippen molar-refractivity contribution in [3.05, 3.63) is 59.5 Å². The Morgan fingerprint density at radius 3 is 2.57 bits per heavy atom. The van der Waals surface area contributed by atoms with Gasteiger partial charge < -0.3 is 15.1 Å². The average Bonchev–Trinajstić information content (AvgIpc) is 3.78. The fraction of sp³-hybridized carbons (Fsp3) is 0.517. The molecule has 1 aliphatic carbocycles. The number of aromatic nitrogens is 7. The van der Waals surface area contributed by atoms with Crippen molar-refractivity contribution in [1.29, 1.82) is 0 Å². The third kappa shape index (κ3) is 6.58. The number of halogens is 5. The number of amides is 2. The standard InChI is InChI=1S/C29H30F5N9O4/c1-14(25-40-39-16(3)46-25)9-27(11-20(29(32,33)34)37-26(27)45)10-17-8-21-36-19(13-43(21)35-12-17)23(18-4-6-28(30,31)7-5-18)38-24(44)22-15(2)41-47-42-22/h8,12-13,18,20,23H,1,4-7,9-11H2,2-3H3,(H,37,45)(H,38,44)/t20-,23-,27-/m0/s1. The lowest BCUT2D eigenvalue weighted by molar-refractivity contribution is -0.155. The van der Waals surface area contributed by atoms with E-state index in [0.717, 1.165) is 0 Å². The van der Waals surface area contributed by atoms with Gasteiger partial charge in [-0.05, 0) is 61.7 Å². The number of fused-ring (bicyclic) bond motifs is 1. The van der Waals surface area contributed by atoms with Crippen LogP contribution in [0.25, 0.3) is 11.2 Å². The molecule has 6 rings (SSSR count). The van der Waals surface area contributed by atoms with Gasteiger partial charge in [-0.15, -0.1) is 10.2 Å². The van der Waals surface area contributed by atoms with E-state index in [1.165, 1.54) is 17.6 Å². The van der Waals surface area contributed by atoms with Crippen LogP contribution in [0, 0.1) is 25.2 Å². The third-order valence-corrected chi connectivity index (χ3v) is 8.80. The van der Waals surface area contributed by atoms with Crippen LogP contribution in [-0.4, -0.2) is 65.1 Å². The molecule has 1 saturated carbocycles. The van der Waals surface area contributed by atoms with Crippen molar-refractivity contribution < 1.29 is 40.6 Å². The largest absolute Gasteiger partial charge is 0.421 e. The van der Waals surface area contributed by atoms with E-state index in [9.17, 15) is 31.5 Å². The summed E-state index contributed by atoms with van der Waals surface area (Å²) < 4.78 is 80.8. The molecule has 4 aromatic rings. The molecule has 2 N–H and O–H groups in total. The minimum Gasteiger partial charge on any atom is -0.421 e. The second-order valence-electron chi connectivity index (χ2n) is 12.3. The highest BCUT2D eigenvalue weighted by molar-refractivity contribution is 5.93. The molecule has 0 radical (unpaired) electrons. The number of carbonyl (C=O) groups is 2. The van der Waals surface area contributed by atoms with E-state index < -0.39 is 53.8 Å². The molecule has 1 saturated heterocycles. The lowest BCUT2D eigenvalue weighted by Crippen LogP contribution is -2.39. The molecule has 5 heterocycles. The Balaban J connectivity index is 1.31. The van der Waals surface area contributed by atoms with Crippen molar-refractivity contribution in [2.24, 2.45) is 11.3 Å². The van der Waals surface area contributed by atoms with Crippen molar-refractivity contribution in [3.8, 4) is 0 Å². The lowest BCUT2D eigenvalue weighted by Gasteiger charge is -2.33. The lowest BCUT2D eigenvalue weighted by atomic mass is 9.74. The van der Waals surface area contributed by atoms with Crippen LogP contribution in [0.4, 0.5) is 22.0 Å². The van der Waals surface area contributed by atoms with E-state index in [-0.39, 0.29) is 72.9 Å². The summed E-state index contributed by atoms with van der Waals surface area (Å²) in [5.74, 6) is -4.39. The summed E-state index contributed by atoms with van der Waals surface area (Å²) in [4.78, 5) is 31.0. The molecule has 250 valence electrons. The van der Waals surface area contributed by atoms with Crippen LogP contribution in [0.15, 0.2) is 34.1 Å². The summed E-state index contributed by atoms with van der Waals surface area (Å²) in [6, 6.07) is -1.30. The molecule has 4 aromatic heterocycles. The van der Waals surface area contributed by atoms with Gasteiger partial charge in [-0.25, -0.2) is 22.9 Å². The minimum atomic E-state index is -4.68. The van der Waals surface area contributed by atoms with Gasteiger partial charge in [0.1, 0.15) is 11.7 Å². The summed E-state index contributed by atoms with van der Waals surface area (Å²) >= 11 is 0. The van der Waals surface area contributed by atoms with Crippen molar-refractivity contribution in [1.82, 2.24) is 45.7 Å². The van der Waals surface area contributed by atoms with E-state index >= 15 is 0 Å². The van der Waals surface area contributed by atoms with E-state index in [4.69, 9.17) is 4.42 Å². The third-order valence-electron chi connectivity index (χ3n) is 8.80. The molecule has 3 atom stereocenters. The van der Waals surface area contributed by atoms with Gasteiger partial charge in [-0.1, -0.05) is 11.7 Å². The normalized spacial score (nSPS) is 22.4. The van der Waals surface area contributed by atoms with E-state index in [1.54, 1.807) is 19.2 Å². The maximum absolute atomic E-state index is 14.0. The highest BCUT2D eigenvalue weighted by atomic mass is 19.4. The van der Waals surface area contributed by atoms with Crippen molar-refractivity contribution in [2.45, 2.75) is 83.0 Å². The zero-order valence-corrected chi connectivity index (χ0v) is 25.3. The molecule has 18 heteroatoms. The minimum absolute atomic E-state index is 0.0155. The number of allylic oxidation sites excluding steroid dienone is 1. The van der Waals surface area contributed by atoms with Gasteiger partial charge in [0.25, 0.3) is 5.91 Å². The first-order chi connectivity index (χ1) is 22.1. The Hall–Kier alpha value is -4.77. The molecule has 13 nitrogen and oxygen atoms in total. The van der Waals surface area contributed by atoms with Gasteiger partial charge in [-0.3, -0.25) is 9.59 Å². The van der Waals surface area contributed by atoms with Crippen LogP contribution < -0.4 is 10.6 Å². The number of rotatable bonds is 9. The molecule has 0 spiro atoms. The number of imidazole rings is 1. The maximum Gasteiger partial charge on any atom is 0.408 e. The predicted octanol–water partition coefficient (Wildman–Crippen LogP) is 4.49. The molecule has 1 aliphatic heterocycles. The molecule has 2 aliphatic rings. The smallest absolute Gasteiger partial charge is 0.408 e. The molecular weight excluding hydrogens is 633 g/mol. The topological polar surface area (TPSA) is 166 Å². The van der Waals surface area contributed by atoms with Gasteiger partial charge >= 0.3 is 6.18 Å². The highest BCUT2D eigenvalue weighted by Crippen LogP contribution is 2.45. The van der Waals surface area contributed by atoms with E-state index in [2.05, 4.69) is 52.4 Å². The molecule has 0 unspecified atom stereocenters. The molecule has 0 bridgehead atoms. The van der Waals surface area contributed by atoms with Gasteiger partial charge in [-0.2, -0.15) is 18.3 Å². The molecule has 2 fully saturated rings. The summed E-state index contributed by atoms with van der Waals surface area (Å²) in [6.07, 6.45) is -3.14. The quantitative estimate of drug-likeness (QED) is 0.244. The number of alkyl halides is 5. The zero-order chi connectivity index (χ0) is 33.7. The molecule has 47 heavy (non-hydrogen) atoms. The van der Waals surface area contributed by atoms with Crippen molar-refractivity contribution in [2.75, 3.05) is 0 Å². The first kappa shape index (κ1) is 32.2. The van der Waals surface area contributed by atoms with E-state index in [1.807, 2.05) is 0 Å². The van der Waals surface area contributed by atoms with Crippen LogP contribution in [0.3, 0.4) is 0 Å². The van der Waals surface area contributed by atoms with Gasteiger partial charge in [0.05, 0.1) is 29.5 Å². The number of aryl methyl sites for hydroxylation is 2. The van der Waals surface area contributed by atoms with Crippen LogP contribution in [0.5, 0.6) is 0 Å². The van der Waals surface area contributed by atoms with Crippen LogP contribution in [0.1, 0.15) is 83.8 Å². The van der Waals surface area contributed by atoms with Gasteiger partial charge in [0.15, 0.2) is 11.3 Å².